The van der Waals surface area contributed by atoms with Crippen molar-refractivity contribution in [3.05, 3.63) is 118 Å². The maximum Gasteiger partial charge on any atom is 0.303 e. The Hall–Kier alpha value is -4.89. The van der Waals surface area contributed by atoms with Gasteiger partial charge in [-0.15, -0.1) is 0 Å². The molecule has 0 amide bonds. The van der Waals surface area contributed by atoms with Crippen LogP contribution in [-0.4, -0.2) is 64.7 Å². The first kappa shape index (κ1) is 37.9. The zero-order valence-electron chi connectivity index (χ0n) is 29.7. The van der Waals surface area contributed by atoms with Crippen LogP contribution in [0.5, 0.6) is 0 Å². The molecule has 2 heterocycles. The number of carbonyl (C=O) groups excluding carboxylic acids is 1. The fraction of sp³-hybridized carbons (Fsp3) is 0.308. The quantitative estimate of drug-likeness (QED) is 0.0691. The van der Waals surface area contributed by atoms with Gasteiger partial charge in [0.2, 0.25) is 11.5 Å². The summed E-state index contributed by atoms with van der Waals surface area (Å²) in [5, 5.41) is 20.6. The molecule has 3 aliphatic rings. The summed E-state index contributed by atoms with van der Waals surface area (Å²) in [5.74, 6) is -1.56. The van der Waals surface area contributed by atoms with Crippen LogP contribution in [0.15, 0.2) is 111 Å². The largest absolute Gasteiger partial charge is 0.506 e. The third-order valence-corrected chi connectivity index (χ3v) is 12.0. The number of aliphatic carboxylic acids is 1. The molecular formula is C39H41N2O10S2+. The Kier molecular flexibility index (Phi) is 9.65. The Bertz CT molecular complexity index is 2410. The van der Waals surface area contributed by atoms with Gasteiger partial charge in [-0.1, -0.05) is 50.6 Å². The normalized spacial score (nSPS) is 19.2. The number of nitrogens with zero attached hydrogens (tertiary/aromatic N) is 2. The molecule has 0 saturated carbocycles. The molecule has 0 bridgehead atoms. The van der Waals surface area contributed by atoms with Gasteiger partial charge >= 0.3 is 5.97 Å². The van der Waals surface area contributed by atoms with Gasteiger partial charge in [-0.25, -0.2) is 0 Å². The van der Waals surface area contributed by atoms with Crippen LogP contribution >= 0.6 is 0 Å². The van der Waals surface area contributed by atoms with Crippen LogP contribution < -0.4 is 4.90 Å². The van der Waals surface area contributed by atoms with Crippen LogP contribution in [0.3, 0.4) is 0 Å². The molecule has 3 aromatic rings. The minimum Gasteiger partial charge on any atom is -0.506 e. The van der Waals surface area contributed by atoms with E-state index in [-0.39, 0.29) is 33.1 Å². The molecule has 4 N–H and O–H groups in total. The molecular weight excluding hydrogens is 721 g/mol. The van der Waals surface area contributed by atoms with Crippen molar-refractivity contribution >= 4 is 49.1 Å². The average molecular weight is 762 g/mol. The number of aliphatic hydroxyl groups is 1. The summed E-state index contributed by atoms with van der Waals surface area (Å²) in [6.45, 7) is 8.24. The van der Waals surface area contributed by atoms with E-state index < -0.39 is 42.8 Å². The molecule has 53 heavy (non-hydrogen) atoms. The van der Waals surface area contributed by atoms with Gasteiger partial charge in [0.15, 0.2) is 12.3 Å². The van der Waals surface area contributed by atoms with Gasteiger partial charge in [0.1, 0.15) is 5.76 Å². The second-order valence-electron chi connectivity index (χ2n) is 14.6. The van der Waals surface area contributed by atoms with Crippen molar-refractivity contribution in [1.29, 1.82) is 0 Å². The van der Waals surface area contributed by atoms with Crippen molar-refractivity contribution in [2.24, 2.45) is 0 Å². The summed E-state index contributed by atoms with van der Waals surface area (Å²) < 4.78 is 69.8. The first-order valence-electron chi connectivity index (χ1n) is 17.1. The standard InChI is InChI=1S/C39H40N2O10S2/c1-38(2)29-19-25(52(46,47)48)14-16-31(29)40(18-10-6-9-13-35(42)43)33(38)21-27-36(44)28(37(27)45)22-34-39(3,4)30-20-26(53(49,50)51)15-17-32(30)41(34)23-24-11-7-5-8-12-24/h5,7-8,11-12,14-17,19-22H,6,9-10,13,18,23H2,1-4H3,(H3-,42,43,44,45,46,47,48,49,50,51)/p+1. The second-order valence-corrected chi connectivity index (χ2v) is 17.4. The highest BCUT2D eigenvalue weighted by Gasteiger charge is 2.48. The Labute approximate surface area is 308 Å². The number of rotatable bonds is 12. The fourth-order valence-electron chi connectivity index (χ4n) is 7.43. The monoisotopic (exact) mass is 761 g/mol. The Balaban J connectivity index is 1.43. The third kappa shape index (κ3) is 6.99. The predicted octanol–water partition coefficient (Wildman–Crippen LogP) is 6.40. The molecule has 14 heteroatoms. The molecule has 6 rings (SSSR count). The summed E-state index contributed by atoms with van der Waals surface area (Å²) >= 11 is 0. The highest BCUT2D eigenvalue weighted by Crippen LogP contribution is 2.50. The lowest BCUT2D eigenvalue weighted by atomic mass is 9.77. The molecule has 0 spiro atoms. The molecule has 0 unspecified atom stereocenters. The summed E-state index contributed by atoms with van der Waals surface area (Å²) in [6.07, 6.45) is 4.90. The van der Waals surface area contributed by atoms with E-state index in [0.717, 1.165) is 5.56 Å². The second kappa shape index (κ2) is 13.5. The van der Waals surface area contributed by atoms with Gasteiger partial charge in [-0.2, -0.15) is 21.4 Å². The molecule has 0 radical (unpaired) electrons. The molecule has 1 aliphatic carbocycles. The molecule has 2 aliphatic heterocycles. The van der Waals surface area contributed by atoms with E-state index in [4.69, 9.17) is 5.11 Å². The van der Waals surface area contributed by atoms with E-state index in [9.17, 15) is 40.6 Å². The smallest absolute Gasteiger partial charge is 0.303 e. The summed E-state index contributed by atoms with van der Waals surface area (Å²) in [4.78, 5) is 26.4. The first-order chi connectivity index (χ1) is 24.7. The number of aliphatic hydroxyl groups excluding tert-OH is 1. The van der Waals surface area contributed by atoms with Crippen molar-refractivity contribution in [2.45, 2.75) is 80.5 Å². The molecule has 3 aromatic carbocycles. The van der Waals surface area contributed by atoms with Gasteiger partial charge in [0.25, 0.3) is 20.2 Å². The first-order valence-corrected chi connectivity index (χ1v) is 20.0. The number of carbonyl (C=O) groups is 2. The molecule has 0 aromatic heterocycles. The number of carboxylic acid groups (broad SMARTS) is 1. The lowest BCUT2D eigenvalue weighted by molar-refractivity contribution is -0.455. The predicted molar refractivity (Wildman–Crippen MR) is 198 cm³/mol. The van der Waals surface area contributed by atoms with E-state index in [1.54, 1.807) is 24.3 Å². The van der Waals surface area contributed by atoms with Gasteiger partial charge in [0.05, 0.1) is 26.4 Å². The molecule has 0 saturated heterocycles. The minimum atomic E-state index is -4.51. The van der Waals surface area contributed by atoms with Gasteiger partial charge in [-0.3, -0.25) is 18.7 Å². The van der Waals surface area contributed by atoms with E-state index >= 15 is 0 Å². The lowest BCUT2D eigenvalue weighted by Gasteiger charge is -2.29. The van der Waals surface area contributed by atoms with Crippen molar-refractivity contribution in [3.63, 3.8) is 0 Å². The zero-order valence-corrected chi connectivity index (χ0v) is 31.3. The molecule has 0 fully saturated rings. The molecule has 12 nitrogen and oxygen atoms in total. The number of unbranched alkanes of at least 4 members (excludes halogenated alkanes) is 2. The SMILES string of the molecule is CC1(C)C(=CC2=C(O)C(=CC3=[N+](Cc4ccccc4)c4ccc(S(=O)(=O)O)cc4C3(C)C)C2=O)N(CCCCCC(=O)O)c2ccc(S(=O)(=O)O)cc21. The van der Waals surface area contributed by atoms with Crippen molar-refractivity contribution in [2.75, 3.05) is 11.4 Å². The maximum absolute atomic E-state index is 14.0. The van der Waals surface area contributed by atoms with E-state index in [2.05, 4.69) is 0 Å². The number of allylic oxidation sites excluding steroid dienone is 5. The third-order valence-electron chi connectivity index (χ3n) is 10.3. The lowest BCUT2D eigenvalue weighted by Crippen LogP contribution is -2.32. The minimum absolute atomic E-state index is 0.0260. The Morgan fingerprint density at radius 2 is 1.43 bits per heavy atom. The number of benzene rings is 3. The van der Waals surface area contributed by atoms with Crippen molar-refractivity contribution < 1.29 is 50.3 Å². The fourth-order valence-corrected chi connectivity index (χ4v) is 8.45. The Morgan fingerprint density at radius 1 is 0.811 bits per heavy atom. The average Bonchev–Trinajstić information content (AvgIpc) is 3.42. The summed E-state index contributed by atoms with van der Waals surface area (Å²) in [7, 11) is -9.01. The van der Waals surface area contributed by atoms with Crippen molar-refractivity contribution in [1.82, 2.24) is 0 Å². The summed E-state index contributed by atoms with van der Waals surface area (Å²) in [6, 6.07) is 18.2. The number of anilines is 1. The van der Waals surface area contributed by atoms with E-state index in [1.807, 2.05) is 67.5 Å². The van der Waals surface area contributed by atoms with Gasteiger partial charge in [-0.05, 0) is 68.7 Å². The van der Waals surface area contributed by atoms with E-state index in [1.165, 1.54) is 24.3 Å². The van der Waals surface area contributed by atoms with Crippen LogP contribution in [0.2, 0.25) is 0 Å². The van der Waals surface area contributed by atoms with E-state index in [0.29, 0.717) is 66.3 Å². The zero-order chi connectivity index (χ0) is 38.7. The number of hydrogen-bond acceptors (Lipinski definition) is 8. The molecule has 278 valence electrons. The Morgan fingerprint density at radius 3 is 2.04 bits per heavy atom. The number of ketones is 1. The number of hydrogen-bond donors (Lipinski definition) is 4. The maximum atomic E-state index is 14.0. The van der Waals surface area contributed by atoms with Crippen LogP contribution in [0.4, 0.5) is 11.4 Å². The summed E-state index contributed by atoms with van der Waals surface area (Å²) in [5.41, 5.74) is 3.11. The molecule has 0 atom stereocenters. The van der Waals surface area contributed by atoms with Crippen LogP contribution in [-0.2, 0) is 47.2 Å². The number of carboxylic acids is 1. The number of fused-ring (bicyclic) bond motifs is 2. The number of Topliss-reactive ketones (excluding diaryl/α,β-unsaturated/α-hetero) is 1. The van der Waals surface area contributed by atoms with Crippen molar-refractivity contribution in [3.8, 4) is 0 Å². The van der Waals surface area contributed by atoms with Crippen LogP contribution in [0, 0.1) is 0 Å². The van der Waals surface area contributed by atoms with Crippen LogP contribution in [0.25, 0.3) is 0 Å². The highest BCUT2D eigenvalue weighted by atomic mass is 32.2. The van der Waals surface area contributed by atoms with Gasteiger partial charge in [0, 0.05) is 53.0 Å². The topological polar surface area (TPSA) is 190 Å². The van der Waals surface area contributed by atoms with Gasteiger partial charge < -0.3 is 15.1 Å². The highest BCUT2D eigenvalue weighted by molar-refractivity contribution is 7.86. The van der Waals surface area contributed by atoms with Crippen LogP contribution in [0.1, 0.15) is 70.1 Å².